The number of carbonyl (C=O) groups excluding carboxylic acids is 1. The van der Waals surface area contributed by atoms with Crippen LogP contribution in [0.2, 0.25) is 0 Å². The van der Waals surface area contributed by atoms with Gasteiger partial charge in [0.25, 0.3) is 0 Å². The van der Waals surface area contributed by atoms with Gasteiger partial charge in [-0.2, -0.15) is 0 Å². The fraction of sp³-hybridized carbons (Fsp3) is 0.400. The van der Waals surface area contributed by atoms with Crippen LogP contribution in [0.1, 0.15) is 36.8 Å². The van der Waals surface area contributed by atoms with Crippen molar-refractivity contribution in [2.45, 2.75) is 44.4 Å². The maximum absolute atomic E-state index is 12.7. The molecule has 0 aliphatic heterocycles. The molecule has 1 aliphatic carbocycles. The van der Waals surface area contributed by atoms with Crippen LogP contribution in [0, 0.1) is 0 Å². The number of aromatic nitrogens is 1. The molecular formula is C20H25N3O2. The van der Waals surface area contributed by atoms with Crippen molar-refractivity contribution in [3.8, 4) is 0 Å². The van der Waals surface area contributed by atoms with Gasteiger partial charge in [-0.3, -0.25) is 4.98 Å². The zero-order chi connectivity index (χ0) is 17.5. The van der Waals surface area contributed by atoms with Crippen LogP contribution in [0.4, 0.5) is 4.79 Å². The standard InChI is InChI=1S/C20H25N3O2/c24-19(22-14-18-9-6-12-21-13-18)23(15-17-7-2-1-3-8-17)16-20(25)10-4-5-11-20/h1-3,6-9,12-13,25H,4-5,10-11,14-16H2,(H,22,24). The van der Waals surface area contributed by atoms with Crippen LogP contribution in [-0.2, 0) is 13.1 Å². The second-order valence-corrected chi connectivity index (χ2v) is 6.79. The number of nitrogens with zero attached hydrogens (tertiary/aromatic N) is 2. The number of amides is 2. The van der Waals surface area contributed by atoms with Crippen molar-refractivity contribution >= 4 is 6.03 Å². The number of urea groups is 1. The SMILES string of the molecule is O=C(NCc1cccnc1)N(Cc1ccccc1)CC1(O)CCCC1. The number of carbonyl (C=O) groups is 1. The fourth-order valence-electron chi connectivity index (χ4n) is 3.34. The number of benzene rings is 1. The molecular weight excluding hydrogens is 314 g/mol. The predicted octanol–water partition coefficient (Wildman–Crippen LogP) is 3.10. The molecule has 0 unspecified atom stereocenters. The molecule has 0 spiro atoms. The van der Waals surface area contributed by atoms with E-state index < -0.39 is 5.60 Å². The fourth-order valence-corrected chi connectivity index (χ4v) is 3.34. The van der Waals surface area contributed by atoms with Crippen molar-refractivity contribution < 1.29 is 9.90 Å². The van der Waals surface area contributed by atoms with Crippen molar-refractivity contribution in [3.63, 3.8) is 0 Å². The Morgan fingerprint density at radius 3 is 2.52 bits per heavy atom. The third-order valence-corrected chi connectivity index (χ3v) is 4.69. The number of hydrogen-bond acceptors (Lipinski definition) is 3. The van der Waals surface area contributed by atoms with E-state index in [4.69, 9.17) is 0 Å². The van der Waals surface area contributed by atoms with Gasteiger partial charge in [-0.15, -0.1) is 0 Å². The van der Waals surface area contributed by atoms with Crippen LogP contribution < -0.4 is 5.32 Å². The van der Waals surface area contributed by atoms with E-state index in [2.05, 4.69) is 10.3 Å². The first kappa shape index (κ1) is 17.4. The summed E-state index contributed by atoms with van der Waals surface area (Å²) in [4.78, 5) is 18.5. The molecule has 5 nitrogen and oxygen atoms in total. The molecule has 25 heavy (non-hydrogen) atoms. The Hall–Kier alpha value is -2.40. The third-order valence-electron chi connectivity index (χ3n) is 4.69. The molecule has 0 radical (unpaired) electrons. The number of pyridine rings is 1. The Morgan fingerprint density at radius 1 is 1.12 bits per heavy atom. The minimum atomic E-state index is -0.763. The first-order valence-electron chi connectivity index (χ1n) is 8.83. The highest BCUT2D eigenvalue weighted by atomic mass is 16.3. The average Bonchev–Trinajstić information content (AvgIpc) is 3.07. The summed E-state index contributed by atoms with van der Waals surface area (Å²) in [6.07, 6.45) is 7.01. The Kier molecular flexibility index (Phi) is 5.66. The summed E-state index contributed by atoms with van der Waals surface area (Å²) in [6.45, 7) is 1.28. The van der Waals surface area contributed by atoms with E-state index in [1.807, 2.05) is 42.5 Å². The van der Waals surface area contributed by atoms with Crippen molar-refractivity contribution in [1.29, 1.82) is 0 Å². The first-order valence-corrected chi connectivity index (χ1v) is 8.83. The lowest BCUT2D eigenvalue weighted by atomic mass is 10.0. The maximum Gasteiger partial charge on any atom is 0.318 e. The summed E-state index contributed by atoms with van der Waals surface area (Å²) in [7, 11) is 0. The zero-order valence-corrected chi connectivity index (χ0v) is 14.4. The summed E-state index contributed by atoms with van der Waals surface area (Å²) in [5, 5.41) is 13.7. The molecule has 0 bridgehead atoms. The molecule has 2 aromatic rings. The van der Waals surface area contributed by atoms with E-state index in [1.165, 1.54) is 0 Å². The van der Waals surface area contributed by atoms with Gasteiger partial charge in [-0.1, -0.05) is 49.2 Å². The molecule has 3 rings (SSSR count). The van der Waals surface area contributed by atoms with E-state index in [9.17, 15) is 9.90 Å². The van der Waals surface area contributed by atoms with E-state index >= 15 is 0 Å². The summed E-state index contributed by atoms with van der Waals surface area (Å²) >= 11 is 0. The van der Waals surface area contributed by atoms with Crippen LogP contribution in [0.25, 0.3) is 0 Å². The van der Waals surface area contributed by atoms with Crippen molar-refractivity contribution in [2.24, 2.45) is 0 Å². The van der Waals surface area contributed by atoms with Gasteiger partial charge in [0.15, 0.2) is 0 Å². The van der Waals surface area contributed by atoms with Gasteiger partial charge in [0.2, 0.25) is 0 Å². The van der Waals surface area contributed by atoms with Crippen molar-refractivity contribution in [2.75, 3.05) is 6.54 Å². The number of hydrogen-bond donors (Lipinski definition) is 2. The topological polar surface area (TPSA) is 65.5 Å². The van der Waals surface area contributed by atoms with Gasteiger partial charge in [-0.05, 0) is 30.0 Å². The molecule has 1 aromatic carbocycles. The number of nitrogens with one attached hydrogen (secondary N) is 1. The van der Waals surface area contributed by atoms with Gasteiger partial charge in [0.1, 0.15) is 0 Å². The monoisotopic (exact) mass is 339 g/mol. The first-order chi connectivity index (χ1) is 12.1. The van der Waals surface area contributed by atoms with Crippen molar-refractivity contribution in [1.82, 2.24) is 15.2 Å². The lowest BCUT2D eigenvalue weighted by molar-refractivity contribution is 0.0175. The Bertz CT molecular complexity index is 670. The quantitative estimate of drug-likeness (QED) is 0.850. The molecule has 1 saturated carbocycles. The second-order valence-electron chi connectivity index (χ2n) is 6.79. The maximum atomic E-state index is 12.7. The minimum absolute atomic E-state index is 0.159. The van der Waals surface area contributed by atoms with Crippen LogP contribution >= 0.6 is 0 Å². The average molecular weight is 339 g/mol. The lowest BCUT2D eigenvalue weighted by Crippen LogP contribution is -2.47. The Morgan fingerprint density at radius 2 is 1.84 bits per heavy atom. The highest BCUT2D eigenvalue weighted by Gasteiger charge is 2.34. The molecule has 1 aliphatic rings. The number of aliphatic hydroxyl groups is 1. The Labute approximate surface area is 148 Å². The summed E-state index contributed by atoms with van der Waals surface area (Å²) < 4.78 is 0. The zero-order valence-electron chi connectivity index (χ0n) is 14.4. The van der Waals surface area contributed by atoms with Gasteiger partial charge in [0.05, 0.1) is 12.1 Å². The molecule has 1 fully saturated rings. The summed E-state index contributed by atoms with van der Waals surface area (Å²) in [5.74, 6) is 0. The van der Waals surface area contributed by atoms with Crippen LogP contribution in [0.15, 0.2) is 54.9 Å². The molecule has 2 N–H and O–H groups in total. The number of rotatable bonds is 6. The highest BCUT2D eigenvalue weighted by molar-refractivity contribution is 5.74. The molecule has 1 aromatic heterocycles. The predicted molar refractivity (Wildman–Crippen MR) is 96.7 cm³/mol. The minimum Gasteiger partial charge on any atom is -0.388 e. The third kappa shape index (κ3) is 5.03. The van der Waals surface area contributed by atoms with Crippen LogP contribution in [0.5, 0.6) is 0 Å². The van der Waals surface area contributed by atoms with Gasteiger partial charge >= 0.3 is 6.03 Å². The molecule has 5 heteroatoms. The lowest BCUT2D eigenvalue weighted by Gasteiger charge is -2.31. The summed E-state index contributed by atoms with van der Waals surface area (Å²) in [6, 6.07) is 13.5. The summed E-state index contributed by atoms with van der Waals surface area (Å²) in [5.41, 5.74) is 1.25. The second kappa shape index (κ2) is 8.12. The van der Waals surface area contributed by atoms with E-state index in [1.54, 1.807) is 17.3 Å². The van der Waals surface area contributed by atoms with Crippen LogP contribution in [-0.4, -0.2) is 33.2 Å². The smallest absolute Gasteiger partial charge is 0.318 e. The molecule has 2 amide bonds. The van der Waals surface area contributed by atoms with Gasteiger partial charge < -0.3 is 15.3 Å². The molecule has 1 heterocycles. The van der Waals surface area contributed by atoms with E-state index in [0.717, 1.165) is 36.8 Å². The highest BCUT2D eigenvalue weighted by Crippen LogP contribution is 2.30. The largest absolute Gasteiger partial charge is 0.388 e. The van der Waals surface area contributed by atoms with Gasteiger partial charge in [0, 0.05) is 25.5 Å². The molecule has 0 atom stereocenters. The molecule has 0 saturated heterocycles. The Balaban J connectivity index is 1.67. The van der Waals surface area contributed by atoms with Crippen LogP contribution in [0.3, 0.4) is 0 Å². The van der Waals surface area contributed by atoms with Crippen molar-refractivity contribution in [3.05, 3.63) is 66.0 Å². The van der Waals surface area contributed by atoms with Gasteiger partial charge in [-0.25, -0.2) is 4.79 Å². The van der Waals surface area contributed by atoms with E-state index in [0.29, 0.717) is 19.6 Å². The van der Waals surface area contributed by atoms with E-state index in [-0.39, 0.29) is 6.03 Å². The normalized spacial score (nSPS) is 15.7. The molecule has 132 valence electrons.